The van der Waals surface area contributed by atoms with E-state index in [9.17, 15) is 5.26 Å². The van der Waals surface area contributed by atoms with E-state index in [-0.39, 0.29) is 0 Å². The van der Waals surface area contributed by atoms with Gasteiger partial charge >= 0.3 is 0 Å². The highest BCUT2D eigenvalue weighted by atomic mass is 15.3. The summed E-state index contributed by atoms with van der Waals surface area (Å²) in [7, 11) is 0. The average Bonchev–Trinajstić information content (AvgIpc) is 3.06. The fraction of sp³-hybridized carbons (Fsp3) is 0.0952. The Labute approximate surface area is 146 Å². The Morgan fingerprint density at radius 1 is 1.04 bits per heavy atom. The zero-order valence-electron chi connectivity index (χ0n) is 14.1. The van der Waals surface area contributed by atoms with E-state index in [0.717, 1.165) is 33.5 Å². The summed E-state index contributed by atoms with van der Waals surface area (Å²) in [5, 5.41) is 15.2. The lowest BCUT2D eigenvalue weighted by Crippen LogP contribution is -2.34. The van der Waals surface area contributed by atoms with Crippen molar-refractivity contribution in [3.63, 3.8) is 0 Å². The summed E-state index contributed by atoms with van der Waals surface area (Å²) in [5.74, 6) is 0. The molecule has 0 saturated heterocycles. The number of benzene rings is 2. The fourth-order valence-corrected chi connectivity index (χ4v) is 3.12. The molecule has 2 heterocycles. The number of nitriles is 1. The molecule has 0 atom stereocenters. The van der Waals surface area contributed by atoms with Crippen LogP contribution < -0.4 is 4.57 Å². The Hall–Kier alpha value is -3.45. The molecule has 0 radical (unpaired) electrons. The molecule has 4 aromatic rings. The Morgan fingerprint density at radius 3 is 2.60 bits per heavy atom. The van der Waals surface area contributed by atoms with Gasteiger partial charge in [0.05, 0.1) is 22.8 Å². The van der Waals surface area contributed by atoms with Crippen molar-refractivity contribution >= 4 is 10.9 Å². The number of aryl methyl sites for hydroxylation is 1. The first-order valence-electron chi connectivity index (χ1n) is 8.14. The van der Waals surface area contributed by atoms with Crippen LogP contribution in [0.5, 0.6) is 0 Å². The van der Waals surface area contributed by atoms with E-state index in [2.05, 4.69) is 35.6 Å². The molecule has 4 nitrogen and oxygen atoms in total. The molecule has 0 aliphatic heterocycles. The van der Waals surface area contributed by atoms with Crippen LogP contribution in [-0.4, -0.2) is 9.78 Å². The molecule has 0 saturated carbocycles. The van der Waals surface area contributed by atoms with Crippen molar-refractivity contribution in [3.8, 4) is 17.4 Å². The highest BCUT2D eigenvalue weighted by Crippen LogP contribution is 2.23. The van der Waals surface area contributed by atoms with Gasteiger partial charge in [-0.3, -0.25) is 0 Å². The summed E-state index contributed by atoms with van der Waals surface area (Å²) in [6, 6.07) is 20.2. The van der Waals surface area contributed by atoms with Gasteiger partial charge in [-0.25, -0.2) is 4.68 Å². The van der Waals surface area contributed by atoms with E-state index < -0.39 is 0 Å². The second-order valence-electron chi connectivity index (χ2n) is 6.10. The van der Waals surface area contributed by atoms with E-state index in [1.54, 1.807) is 0 Å². The number of fused-ring (bicyclic) bond motifs is 1. The molecule has 2 aromatic carbocycles. The van der Waals surface area contributed by atoms with Gasteiger partial charge in [-0.05, 0) is 19.1 Å². The van der Waals surface area contributed by atoms with Crippen LogP contribution in [0.2, 0.25) is 0 Å². The third-order valence-corrected chi connectivity index (χ3v) is 4.47. The maximum Gasteiger partial charge on any atom is 0.217 e. The van der Waals surface area contributed by atoms with Gasteiger partial charge in [0, 0.05) is 42.3 Å². The maximum atomic E-state index is 9.49. The molecule has 0 fully saturated rings. The average molecular weight is 325 g/mol. The molecule has 0 aliphatic rings. The summed E-state index contributed by atoms with van der Waals surface area (Å²) >= 11 is 0. The maximum absolute atomic E-state index is 9.49. The number of hydrogen-bond acceptors (Lipinski definition) is 2. The van der Waals surface area contributed by atoms with E-state index >= 15 is 0 Å². The quantitative estimate of drug-likeness (QED) is 0.526. The molecule has 25 heavy (non-hydrogen) atoms. The van der Waals surface area contributed by atoms with Crippen molar-refractivity contribution in [2.45, 2.75) is 13.8 Å². The van der Waals surface area contributed by atoms with Crippen molar-refractivity contribution in [1.29, 1.82) is 5.26 Å². The monoisotopic (exact) mass is 325 g/mol. The largest absolute Gasteiger partial charge is 0.239 e. The van der Waals surface area contributed by atoms with Crippen molar-refractivity contribution in [2.24, 2.45) is 0 Å². The van der Waals surface area contributed by atoms with Gasteiger partial charge in [0.2, 0.25) is 5.69 Å². The summed E-state index contributed by atoms with van der Waals surface area (Å²) in [5.41, 5.74) is 5.65. The number of hydrogen-bond donors (Lipinski definition) is 0. The fourth-order valence-electron chi connectivity index (χ4n) is 3.12. The lowest BCUT2D eigenvalue weighted by Gasteiger charge is -2.09. The standard InChI is InChI=1S/C21H17N4/c1-15-7-5-6-10-24(15)20-11-17(13-22)12-21(16(20)2)25-14-18-8-3-4-9-19(18)23-25/h3-12,14H,1-2H3/q+1. The van der Waals surface area contributed by atoms with Crippen LogP contribution in [0.4, 0.5) is 0 Å². The third-order valence-electron chi connectivity index (χ3n) is 4.47. The Balaban J connectivity index is 1.99. The zero-order chi connectivity index (χ0) is 17.4. The lowest BCUT2D eigenvalue weighted by atomic mass is 10.1. The first kappa shape index (κ1) is 15.1. The summed E-state index contributed by atoms with van der Waals surface area (Å²) in [6.45, 7) is 4.12. The van der Waals surface area contributed by atoms with Crippen LogP contribution in [0.1, 0.15) is 16.8 Å². The second kappa shape index (κ2) is 5.88. The first-order chi connectivity index (χ1) is 12.2. The van der Waals surface area contributed by atoms with Crippen LogP contribution in [0.25, 0.3) is 22.3 Å². The Kier molecular flexibility index (Phi) is 3.55. The normalized spacial score (nSPS) is 10.8. The van der Waals surface area contributed by atoms with Gasteiger partial charge in [0.1, 0.15) is 0 Å². The van der Waals surface area contributed by atoms with E-state index in [1.165, 1.54) is 0 Å². The predicted octanol–water partition coefficient (Wildman–Crippen LogP) is 3.79. The zero-order valence-corrected chi connectivity index (χ0v) is 14.1. The molecule has 4 rings (SSSR count). The summed E-state index contributed by atoms with van der Waals surface area (Å²) < 4.78 is 3.96. The summed E-state index contributed by atoms with van der Waals surface area (Å²) in [4.78, 5) is 0. The smallest absolute Gasteiger partial charge is 0.217 e. The number of pyridine rings is 1. The van der Waals surface area contributed by atoms with Crippen molar-refractivity contribution in [1.82, 2.24) is 9.78 Å². The molecule has 0 unspecified atom stereocenters. The highest BCUT2D eigenvalue weighted by Gasteiger charge is 2.19. The predicted molar refractivity (Wildman–Crippen MR) is 96.8 cm³/mol. The van der Waals surface area contributed by atoms with Gasteiger partial charge in [-0.1, -0.05) is 24.3 Å². The number of aromatic nitrogens is 3. The van der Waals surface area contributed by atoms with Crippen LogP contribution in [-0.2, 0) is 0 Å². The molecule has 0 bridgehead atoms. The summed E-state index contributed by atoms with van der Waals surface area (Å²) in [6.07, 6.45) is 4.02. The number of nitrogens with zero attached hydrogens (tertiary/aromatic N) is 4. The van der Waals surface area contributed by atoms with Gasteiger partial charge in [0.15, 0.2) is 11.9 Å². The van der Waals surface area contributed by atoms with Crippen molar-refractivity contribution in [2.75, 3.05) is 0 Å². The minimum Gasteiger partial charge on any atom is -0.239 e. The Bertz CT molecular complexity index is 1100. The van der Waals surface area contributed by atoms with Crippen LogP contribution in [0.3, 0.4) is 0 Å². The van der Waals surface area contributed by atoms with Crippen molar-refractivity contribution in [3.05, 3.63) is 83.8 Å². The van der Waals surface area contributed by atoms with Crippen molar-refractivity contribution < 1.29 is 4.57 Å². The molecule has 0 amide bonds. The molecular formula is C21H17N4+. The SMILES string of the molecule is Cc1c(-n2cc3ccccc3n2)cc(C#N)cc1-[n+]1ccccc1C. The molecule has 0 N–H and O–H groups in total. The topological polar surface area (TPSA) is 45.5 Å². The van der Waals surface area contributed by atoms with Gasteiger partial charge < -0.3 is 0 Å². The van der Waals surface area contributed by atoms with E-state index in [0.29, 0.717) is 5.56 Å². The van der Waals surface area contributed by atoms with Gasteiger partial charge in [0.25, 0.3) is 0 Å². The minimum atomic E-state index is 0.617. The van der Waals surface area contributed by atoms with Crippen LogP contribution in [0, 0.1) is 25.2 Å². The molecular weight excluding hydrogens is 308 g/mol. The van der Waals surface area contributed by atoms with Crippen LogP contribution >= 0.6 is 0 Å². The van der Waals surface area contributed by atoms with E-state index in [4.69, 9.17) is 0 Å². The molecule has 0 aliphatic carbocycles. The van der Waals surface area contributed by atoms with Crippen LogP contribution in [0.15, 0.2) is 67.0 Å². The minimum absolute atomic E-state index is 0.617. The lowest BCUT2D eigenvalue weighted by molar-refractivity contribution is -0.603. The molecule has 120 valence electrons. The second-order valence-corrected chi connectivity index (χ2v) is 6.10. The number of rotatable bonds is 2. The molecule has 4 heteroatoms. The third kappa shape index (κ3) is 2.56. The molecule has 0 spiro atoms. The van der Waals surface area contributed by atoms with Gasteiger partial charge in [-0.2, -0.15) is 14.9 Å². The highest BCUT2D eigenvalue weighted by molar-refractivity contribution is 5.78. The molecule has 2 aromatic heterocycles. The van der Waals surface area contributed by atoms with Gasteiger partial charge in [-0.15, -0.1) is 0 Å². The van der Waals surface area contributed by atoms with E-state index in [1.807, 2.05) is 65.6 Å². The Morgan fingerprint density at radius 2 is 1.84 bits per heavy atom. The first-order valence-corrected chi connectivity index (χ1v) is 8.14.